The average molecular weight is 299 g/mol. The number of fused-ring (bicyclic) bond motifs is 1. The summed E-state index contributed by atoms with van der Waals surface area (Å²) in [7, 11) is 0. The zero-order valence-corrected chi connectivity index (χ0v) is 12.2. The van der Waals surface area contributed by atoms with Crippen molar-refractivity contribution < 1.29 is 4.92 Å². The summed E-state index contributed by atoms with van der Waals surface area (Å²) in [5, 5.41) is 12.0. The second kappa shape index (κ2) is 5.57. The Morgan fingerprint density at radius 3 is 2.90 bits per heavy atom. The lowest BCUT2D eigenvalue weighted by Gasteiger charge is -2.08. The maximum Gasteiger partial charge on any atom is 0.270 e. The van der Waals surface area contributed by atoms with Crippen molar-refractivity contribution in [2.75, 3.05) is 5.75 Å². The predicted molar refractivity (Wildman–Crippen MR) is 83.7 cm³/mol. The van der Waals surface area contributed by atoms with Gasteiger partial charge in [0.25, 0.3) is 5.69 Å². The Morgan fingerprint density at radius 1 is 1.29 bits per heavy atom. The van der Waals surface area contributed by atoms with E-state index in [0.29, 0.717) is 0 Å². The number of nitrogens with zero attached hydrogens (tertiary/aromatic N) is 3. The highest BCUT2D eigenvalue weighted by molar-refractivity contribution is 7.99. The van der Waals surface area contributed by atoms with Crippen LogP contribution in [0.1, 0.15) is 6.92 Å². The molecule has 0 aliphatic carbocycles. The molecule has 0 N–H and O–H groups in total. The van der Waals surface area contributed by atoms with Crippen LogP contribution in [0.4, 0.5) is 5.69 Å². The van der Waals surface area contributed by atoms with Gasteiger partial charge in [-0.3, -0.25) is 14.5 Å². The second-order valence-electron chi connectivity index (χ2n) is 4.48. The summed E-state index contributed by atoms with van der Waals surface area (Å²) in [6.07, 6.45) is 3.68. The van der Waals surface area contributed by atoms with E-state index in [0.717, 1.165) is 27.6 Å². The van der Waals surface area contributed by atoms with Crippen molar-refractivity contribution in [1.29, 1.82) is 0 Å². The van der Waals surface area contributed by atoms with E-state index < -0.39 is 0 Å². The summed E-state index contributed by atoms with van der Waals surface area (Å²) >= 11 is 1.72. The highest BCUT2D eigenvalue weighted by Gasteiger charge is 2.10. The number of rotatable bonds is 4. The number of aromatic nitrogens is 2. The van der Waals surface area contributed by atoms with Crippen LogP contribution in [0.5, 0.6) is 0 Å². The molecule has 0 fully saturated rings. The number of non-ortho nitro benzene ring substituents is 1. The number of nitro groups is 1. The van der Waals surface area contributed by atoms with Crippen LogP contribution >= 0.6 is 11.8 Å². The molecule has 2 aromatic heterocycles. The maximum atomic E-state index is 10.9. The Labute approximate surface area is 125 Å². The van der Waals surface area contributed by atoms with E-state index in [1.165, 1.54) is 6.07 Å². The number of pyridine rings is 1. The molecule has 1 aromatic carbocycles. The van der Waals surface area contributed by atoms with Gasteiger partial charge in [-0.05, 0) is 29.0 Å². The third-order valence-corrected chi connectivity index (χ3v) is 4.05. The van der Waals surface area contributed by atoms with Gasteiger partial charge in [0.15, 0.2) is 0 Å². The summed E-state index contributed by atoms with van der Waals surface area (Å²) in [6, 6.07) is 10.7. The summed E-state index contributed by atoms with van der Waals surface area (Å²) in [5.41, 5.74) is 2.70. The van der Waals surface area contributed by atoms with E-state index in [1.54, 1.807) is 30.1 Å². The number of nitro benzene ring substituents is 1. The largest absolute Gasteiger partial charge is 0.294 e. The Morgan fingerprint density at radius 2 is 2.14 bits per heavy atom. The molecule has 0 atom stereocenters. The van der Waals surface area contributed by atoms with Gasteiger partial charge in [0.2, 0.25) is 0 Å². The van der Waals surface area contributed by atoms with Crippen molar-refractivity contribution in [1.82, 2.24) is 9.38 Å². The molecule has 21 heavy (non-hydrogen) atoms. The van der Waals surface area contributed by atoms with E-state index in [4.69, 9.17) is 0 Å². The Hall–Kier alpha value is -2.34. The van der Waals surface area contributed by atoms with E-state index in [2.05, 4.69) is 11.9 Å². The quantitative estimate of drug-likeness (QED) is 0.415. The van der Waals surface area contributed by atoms with Gasteiger partial charge in [-0.25, -0.2) is 4.98 Å². The molecule has 0 aliphatic rings. The summed E-state index contributed by atoms with van der Waals surface area (Å²) in [6.45, 7) is 2.09. The highest BCUT2D eigenvalue weighted by atomic mass is 32.2. The molecule has 0 aliphatic heterocycles. The first-order chi connectivity index (χ1) is 10.2. The van der Waals surface area contributed by atoms with Crippen molar-refractivity contribution in [3.05, 3.63) is 58.9 Å². The molecular formula is C15H13N3O2S. The molecule has 6 heteroatoms. The van der Waals surface area contributed by atoms with Crippen LogP contribution in [0.2, 0.25) is 0 Å². The fraction of sp³-hybridized carbons (Fsp3) is 0.133. The lowest BCUT2D eigenvalue weighted by Crippen LogP contribution is -1.92. The molecule has 0 radical (unpaired) electrons. The van der Waals surface area contributed by atoms with Gasteiger partial charge in [0.05, 0.1) is 9.95 Å². The molecule has 0 saturated carbocycles. The normalized spacial score (nSPS) is 10.9. The van der Waals surface area contributed by atoms with Gasteiger partial charge in [-0.2, -0.15) is 0 Å². The molecule has 0 amide bonds. The van der Waals surface area contributed by atoms with E-state index in [9.17, 15) is 10.1 Å². The lowest BCUT2D eigenvalue weighted by atomic mass is 10.1. The van der Waals surface area contributed by atoms with Crippen molar-refractivity contribution in [2.45, 2.75) is 11.9 Å². The third kappa shape index (κ3) is 2.62. The topological polar surface area (TPSA) is 60.4 Å². The Balaban J connectivity index is 2.15. The van der Waals surface area contributed by atoms with Crippen molar-refractivity contribution in [3.63, 3.8) is 0 Å². The van der Waals surface area contributed by atoms with Gasteiger partial charge >= 0.3 is 0 Å². The highest BCUT2D eigenvalue weighted by Crippen LogP contribution is 2.29. The zero-order valence-electron chi connectivity index (χ0n) is 11.4. The van der Waals surface area contributed by atoms with Crippen molar-refractivity contribution in [3.8, 4) is 11.1 Å². The summed E-state index contributed by atoms with van der Waals surface area (Å²) in [4.78, 5) is 14.9. The first-order valence-corrected chi connectivity index (χ1v) is 7.52. The van der Waals surface area contributed by atoms with Crippen LogP contribution in [-0.2, 0) is 0 Å². The van der Waals surface area contributed by atoms with Gasteiger partial charge in [-0.1, -0.05) is 19.1 Å². The van der Waals surface area contributed by atoms with E-state index in [-0.39, 0.29) is 10.6 Å². The Bertz CT molecular complexity index is 814. The molecule has 3 aromatic rings. The molecule has 0 unspecified atom stereocenters. The molecule has 0 bridgehead atoms. The van der Waals surface area contributed by atoms with Gasteiger partial charge in [-0.15, -0.1) is 11.8 Å². The number of hydrogen-bond donors (Lipinski definition) is 0. The third-order valence-electron chi connectivity index (χ3n) is 3.15. The van der Waals surface area contributed by atoms with Crippen molar-refractivity contribution in [2.24, 2.45) is 0 Å². The van der Waals surface area contributed by atoms with Gasteiger partial charge < -0.3 is 0 Å². The number of benzene rings is 1. The molecule has 3 rings (SSSR count). The van der Waals surface area contributed by atoms with Crippen LogP contribution in [0.25, 0.3) is 16.8 Å². The number of hydrogen-bond acceptors (Lipinski definition) is 4. The van der Waals surface area contributed by atoms with Crippen molar-refractivity contribution >= 4 is 23.1 Å². The summed E-state index contributed by atoms with van der Waals surface area (Å²) < 4.78 is 2.02. The van der Waals surface area contributed by atoms with Gasteiger partial charge in [0, 0.05) is 24.5 Å². The first kappa shape index (κ1) is 13.6. The monoisotopic (exact) mass is 299 g/mol. The molecule has 2 heterocycles. The Kier molecular flexibility index (Phi) is 3.62. The minimum atomic E-state index is -0.376. The zero-order chi connectivity index (χ0) is 14.8. The standard InChI is InChI=1S/C15H13N3O2S/c1-2-21-15-10-12(9-14-16-6-7-17(14)15)11-4-3-5-13(8-11)18(19)20/h3-10H,2H2,1H3. The smallest absolute Gasteiger partial charge is 0.270 e. The maximum absolute atomic E-state index is 10.9. The fourth-order valence-electron chi connectivity index (χ4n) is 2.22. The van der Waals surface area contributed by atoms with Gasteiger partial charge in [0.1, 0.15) is 5.65 Å². The number of thioether (sulfide) groups is 1. The average Bonchev–Trinajstić information content (AvgIpc) is 2.96. The molecule has 0 spiro atoms. The summed E-state index contributed by atoms with van der Waals surface area (Å²) in [5.74, 6) is 0.950. The lowest BCUT2D eigenvalue weighted by molar-refractivity contribution is -0.384. The van der Waals surface area contributed by atoms with Crippen LogP contribution in [0.3, 0.4) is 0 Å². The molecule has 0 saturated heterocycles. The fourth-order valence-corrected chi connectivity index (χ4v) is 3.02. The minimum absolute atomic E-state index is 0.0976. The van der Waals surface area contributed by atoms with Crippen LogP contribution in [-0.4, -0.2) is 20.1 Å². The van der Waals surface area contributed by atoms with E-state index >= 15 is 0 Å². The first-order valence-electron chi connectivity index (χ1n) is 6.54. The molecule has 5 nitrogen and oxygen atoms in total. The predicted octanol–water partition coefficient (Wildman–Crippen LogP) is 4.02. The SMILES string of the molecule is CCSc1cc(-c2cccc([N+](=O)[O-])c2)cc2nccn12. The van der Waals surface area contributed by atoms with Crippen LogP contribution in [0, 0.1) is 10.1 Å². The van der Waals surface area contributed by atoms with Crippen LogP contribution in [0.15, 0.2) is 53.8 Å². The molecular weight excluding hydrogens is 286 g/mol. The molecule has 106 valence electrons. The van der Waals surface area contributed by atoms with Crippen LogP contribution < -0.4 is 0 Å². The van der Waals surface area contributed by atoms with E-state index in [1.807, 2.05) is 28.8 Å². The number of imidazole rings is 1. The minimum Gasteiger partial charge on any atom is -0.294 e. The second-order valence-corrected chi connectivity index (χ2v) is 5.76.